The SMILES string of the molecule is COB1OB(O)OB(OC)O1. The van der Waals surface area contributed by atoms with Crippen molar-refractivity contribution in [3.8, 4) is 0 Å². The lowest BCUT2D eigenvalue weighted by atomic mass is 9.97. The van der Waals surface area contributed by atoms with E-state index in [-0.39, 0.29) is 0 Å². The van der Waals surface area contributed by atoms with E-state index in [0.29, 0.717) is 0 Å². The molecule has 6 nitrogen and oxygen atoms in total. The maximum absolute atomic E-state index is 8.83. The third-order valence-electron chi connectivity index (χ3n) is 1.06. The van der Waals surface area contributed by atoms with Crippen molar-refractivity contribution < 1.29 is 28.0 Å². The fraction of sp³-hybridized carbons (Fsp3) is 1.00. The minimum Gasteiger partial charge on any atom is -0.403 e. The van der Waals surface area contributed by atoms with Crippen LogP contribution in [0.25, 0.3) is 0 Å². The van der Waals surface area contributed by atoms with Crippen molar-refractivity contribution in [3.63, 3.8) is 0 Å². The van der Waals surface area contributed by atoms with Crippen LogP contribution in [0.15, 0.2) is 0 Å². The molecule has 11 heavy (non-hydrogen) atoms. The van der Waals surface area contributed by atoms with Crippen molar-refractivity contribution in [2.24, 2.45) is 0 Å². The van der Waals surface area contributed by atoms with E-state index < -0.39 is 22.0 Å². The van der Waals surface area contributed by atoms with Crippen LogP contribution in [0.4, 0.5) is 0 Å². The van der Waals surface area contributed by atoms with Crippen molar-refractivity contribution >= 4 is 22.0 Å². The molecule has 0 aromatic carbocycles. The molecule has 0 spiro atoms. The molecule has 0 aromatic heterocycles. The Hall–Kier alpha value is -0.0452. The van der Waals surface area contributed by atoms with Crippen molar-refractivity contribution in [1.82, 2.24) is 0 Å². The summed E-state index contributed by atoms with van der Waals surface area (Å²) in [6.07, 6.45) is 0. The molecule has 1 saturated heterocycles. The van der Waals surface area contributed by atoms with Gasteiger partial charge in [0.1, 0.15) is 0 Å². The molecular formula is C2H7B3O6. The summed E-state index contributed by atoms with van der Waals surface area (Å²) < 4.78 is 23.2. The molecule has 0 aliphatic carbocycles. The highest BCUT2D eigenvalue weighted by Crippen LogP contribution is 2.06. The van der Waals surface area contributed by atoms with E-state index in [0.717, 1.165) is 0 Å². The maximum Gasteiger partial charge on any atom is 0.615 e. The molecule has 1 aliphatic heterocycles. The van der Waals surface area contributed by atoms with Gasteiger partial charge in [0.05, 0.1) is 0 Å². The lowest BCUT2D eigenvalue weighted by Crippen LogP contribution is -2.50. The average Bonchev–Trinajstić information content (AvgIpc) is 2.03. The van der Waals surface area contributed by atoms with Gasteiger partial charge in [-0.3, -0.25) is 0 Å². The molecule has 1 N–H and O–H groups in total. The van der Waals surface area contributed by atoms with Crippen molar-refractivity contribution in [3.05, 3.63) is 0 Å². The van der Waals surface area contributed by atoms with E-state index in [4.69, 9.17) is 9.60 Å². The summed E-state index contributed by atoms with van der Waals surface area (Å²) in [5.41, 5.74) is 0. The van der Waals surface area contributed by atoms with Crippen molar-refractivity contribution in [1.29, 1.82) is 0 Å². The van der Waals surface area contributed by atoms with Gasteiger partial charge < -0.3 is 28.0 Å². The Labute approximate surface area is 65.2 Å². The lowest BCUT2D eigenvalue weighted by Gasteiger charge is -2.23. The van der Waals surface area contributed by atoms with Crippen LogP contribution in [-0.2, 0) is 23.0 Å². The topological polar surface area (TPSA) is 66.4 Å². The quantitative estimate of drug-likeness (QED) is 0.484. The Balaban J connectivity index is 2.37. The van der Waals surface area contributed by atoms with Crippen molar-refractivity contribution in [2.45, 2.75) is 0 Å². The van der Waals surface area contributed by atoms with Crippen LogP contribution >= 0.6 is 0 Å². The first-order valence-corrected chi connectivity index (χ1v) is 2.96. The molecular weight excluding hydrogens is 152 g/mol. The summed E-state index contributed by atoms with van der Waals surface area (Å²) in [5.74, 6) is 0. The second-order valence-electron chi connectivity index (χ2n) is 1.76. The molecule has 9 heteroatoms. The molecule has 0 radical (unpaired) electrons. The molecule has 1 heterocycles. The normalized spacial score (nSPS) is 19.4. The van der Waals surface area contributed by atoms with Crippen LogP contribution < -0.4 is 0 Å². The highest BCUT2D eigenvalue weighted by Gasteiger charge is 2.43. The summed E-state index contributed by atoms with van der Waals surface area (Å²) in [6, 6.07) is 0. The van der Waals surface area contributed by atoms with Crippen LogP contribution in [0, 0.1) is 0 Å². The molecule has 1 rings (SSSR count). The first kappa shape index (κ1) is 9.05. The molecule has 1 fully saturated rings. The molecule has 0 unspecified atom stereocenters. The summed E-state index contributed by atoms with van der Waals surface area (Å²) in [7, 11) is -0.545. The zero-order valence-electron chi connectivity index (χ0n) is 6.22. The lowest BCUT2D eigenvalue weighted by molar-refractivity contribution is 0.106. The second kappa shape index (κ2) is 4.10. The Morgan fingerprint density at radius 2 is 1.45 bits per heavy atom. The first-order chi connectivity index (χ1) is 5.26. The summed E-state index contributed by atoms with van der Waals surface area (Å²) in [6.45, 7) is 0. The Kier molecular flexibility index (Phi) is 3.37. The largest absolute Gasteiger partial charge is 0.615 e. The Morgan fingerprint density at radius 1 is 1.00 bits per heavy atom. The third kappa shape index (κ3) is 2.47. The average molecular weight is 160 g/mol. The number of rotatable bonds is 2. The highest BCUT2D eigenvalue weighted by atomic mass is 16.9. The van der Waals surface area contributed by atoms with Gasteiger partial charge in [-0.15, -0.1) is 0 Å². The third-order valence-corrected chi connectivity index (χ3v) is 1.06. The Morgan fingerprint density at radius 3 is 1.82 bits per heavy atom. The van der Waals surface area contributed by atoms with Gasteiger partial charge in [0.15, 0.2) is 0 Å². The van der Waals surface area contributed by atoms with Gasteiger partial charge >= 0.3 is 22.0 Å². The molecule has 0 amide bonds. The van der Waals surface area contributed by atoms with Gasteiger partial charge in [-0.2, -0.15) is 0 Å². The molecule has 0 bridgehead atoms. The molecule has 60 valence electrons. The summed E-state index contributed by atoms with van der Waals surface area (Å²) in [4.78, 5) is 0. The zero-order chi connectivity index (χ0) is 8.27. The standard InChI is InChI=1S/C2H7B3O6/c1-7-4-9-3(6)10-5(8-2)11-4/h6H,1-2H3. The van der Waals surface area contributed by atoms with E-state index in [9.17, 15) is 0 Å². The van der Waals surface area contributed by atoms with Gasteiger partial charge in [-0.05, 0) is 0 Å². The minimum absolute atomic E-state index is 0.955. The second-order valence-corrected chi connectivity index (χ2v) is 1.76. The van der Waals surface area contributed by atoms with E-state index in [1.54, 1.807) is 0 Å². The predicted octanol–water partition coefficient (Wildman–Crippen LogP) is -1.71. The minimum atomic E-state index is -1.38. The molecule has 0 aromatic rings. The van der Waals surface area contributed by atoms with Gasteiger partial charge in [-0.1, -0.05) is 0 Å². The smallest absolute Gasteiger partial charge is 0.403 e. The molecule has 1 aliphatic rings. The van der Waals surface area contributed by atoms with E-state index in [1.807, 2.05) is 0 Å². The van der Waals surface area contributed by atoms with Crippen LogP contribution in [0.2, 0.25) is 0 Å². The van der Waals surface area contributed by atoms with Gasteiger partial charge in [-0.25, -0.2) is 0 Å². The van der Waals surface area contributed by atoms with E-state index in [1.165, 1.54) is 14.2 Å². The van der Waals surface area contributed by atoms with Crippen LogP contribution in [0.5, 0.6) is 0 Å². The van der Waals surface area contributed by atoms with Crippen molar-refractivity contribution in [2.75, 3.05) is 14.2 Å². The van der Waals surface area contributed by atoms with Crippen LogP contribution in [0.3, 0.4) is 0 Å². The number of hydrogen-bond donors (Lipinski definition) is 1. The number of hydrogen-bond acceptors (Lipinski definition) is 6. The fourth-order valence-corrected chi connectivity index (χ4v) is 0.599. The van der Waals surface area contributed by atoms with Gasteiger partial charge in [0.2, 0.25) is 0 Å². The first-order valence-electron chi connectivity index (χ1n) is 2.96. The highest BCUT2D eigenvalue weighted by molar-refractivity contribution is 6.66. The van der Waals surface area contributed by atoms with Gasteiger partial charge in [0, 0.05) is 14.2 Å². The van der Waals surface area contributed by atoms with E-state index >= 15 is 0 Å². The van der Waals surface area contributed by atoms with Crippen LogP contribution in [0.1, 0.15) is 0 Å². The predicted molar refractivity (Wildman–Crippen MR) is 36.8 cm³/mol. The van der Waals surface area contributed by atoms with Gasteiger partial charge in [0.25, 0.3) is 0 Å². The monoisotopic (exact) mass is 160 g/mol. The molecule has 0 atom stereocenters. The molecule has 0 saturated carbocycles. The fourth-order valence-electron chi connectivity index (χ4n) is 0.599. The summed E-state index contributed by atoms with van der Waals surface area (Å²) >= 11 is 0. The van der Waals surface area contributed by atoms with E-state index in [2.05, 4.69) is 18.5 Å². The Bertz CT molecular complexity index is 110. The maximum atomic E-state index is 8.83. The summed E-state index contributed by atoms with van der Waals surface area (Å²) in [5, 5.41) is 8.83. The zero-order valence-corrected chi connectivity index (χ0v) is 6.22. The van der Waals surface area contributed by atoms with Crippen LogP contribution in [-0.4, -0.2) is 41.2 Å².